The third kappa shape index (κ3) is 5.13. The van der Waals surface area contributed by atoms with E-state index in [-0.39, 0.29) is 12.5 Å². The second-order valence-corrected chi connectivity index (χ2v) is 8.00. The van der Waals surface area contributed by atoms with Crippen LogP contribution in [0.4, 0.5) is 19.0 Å². The average molecular weight is 487 g/mol. The lowest BCUT2D eigenvalue weighted by Crippen LogP contribution is -2.49. The first-order chi connectivity index (χ1) is 16.7. The number of amides is 1. The van der Waals surface area contributed by atoms with Crippen molar-refractivity contribution in [1.29, 1.82) is 0 Å². The SMILES string of the molecule is CCOC(=O)c1cnn(-c2ccc(C(=O)N3CCN(c4ccc(C(F)(F)F)cn4)CC3)cc2)c1C. The van der Waals surface area contributed by atoms with Crippen molar-refractivity contribution in [2.24, 2.45) is 0 Å². The fourth-order valence-corrected chi connectivity index (χ4v) is 3.89. The Morgan fingerprint density at radius 1 is 1.00 bits per heavy atom. The van der Waals surface area contributed by atoms with Gasteiger partial charge >= 0.3 is 12.1 Å². The van der Waals surface area contributed by atoms with Crippen LogP contribution < -0.4 is 4.90 Å². The number of anilines is 1. The molecule has 0 radical (unpaired) electrons. The minimum Gasteiger partial charge on any atom is -0.462 e. The Labute approximate surface area is 199 Å². The van der Waals surface area contributed by atoms with Gasteiger partial charge in [-0.1, -0.05) is 0 Å². The van der Waals surface area contributed by atoms with Crippen LogP contribution in [0.15, 0.2) is 48.8 Å². The molecule has 2 aromatic heterocycles. The molecule has 0 unspecified atom stereocenters. The number of alkyl halides is 3. The predicted octanol–water partition coefficient (Wildman–Crippen LogP) is 3.73. The maximum atomic E-state index is 13.0. The third-order valence-corrected chi connectivity index (χ3v) is 5.83. The van der Waals surface area contributed by atoms with Crippen molar-refractivity contribution in [3.05, 3.63) is 71.2 Å². The highest BCUT2D eigenvalue weighted by atomic mass is 19.4. The molecule has 0 atom stereocenters. The molecule has 1 aliphatic heterocycles. The number of hydrogen-bond acceptors (Lipinski definition) is 6. The molecule has 1 aliphatic rings. The van der Waals surface area contributed by atoms with E-state index in [0.29, 0.717) is 54.5 Å². The summed E-state index contributed by atoms with van der Waals surface area (Å²) in [6.45, 7) is 5.54. The van der Waals surface area contributed by atoms with Crippen molar-refractivity contribution in [2.75, 3.05) is 37.7 Å². The van der Waals surface area contributed by atoms with Gasteiger partial charge in [-0.3, -0.25) is 4.79 Å². The van der Waals surface area contributed by atoms with E-state index in [1.807, 2.05) is 4.90 Å². The van der Waals surface area contributed by atoms with E-state index < -0.39 is 17.7 Å². The summed E-state index contributed by atoms with van der Waals surface area (Å²) < 4.78 is 44.9. The molecule has 1 fully saturated rings. The highest BCUT2D eigenvalue weighted by molar-refractivity contribution is 5.94. The molecule has 1 saturated heterocycles. The minimum atomic E-state index is -4.43. The Morgan fingerprint density at radius 3 is 2.26 bits per heavy atom. The number of carbonyl (C=O) groups is 2. The summed E-state index contributed by atoms with van der Waals surface area (Å²) in [6, 6.07) is 9.27. The molecule has 11 heteroatoms. The molecule has 4 rings (SSSR count). The Morgan fingerprint density at radius 2 is 1.69 bits per heavy atom. The summed E-state index contributed by atoms with van der Waals surface area (Å²) in [5.74, 6) is -0.124. The van der Waals surface area contributed by atoms with Gasteiger partial charge in [0.25, 0.3) is 5.91 Å². The Balaban J connectivity index is 1.38. The highest BCUT2D eigenvalue weighted by Crippen LogP contribution is 2.29. The zero-order valence-electron chi connectivity index (χ0n) is 19.2. The van der Waals surface area contributed by atoms with Crippen molar-refractivity contribution in [1.82, 2.24) is 19.7 Å². The Kier molecular flexibility index (Phi) is 6.77. The van der Waals surface area contributed by atoms with Crippen LogP contribution in [0.2, 0.25) is 0 Å². The van der Waals surface area contributed by atoms with Crippen LogP contribution in [0.3, 0.4) is 0 Å². The van der Waals surface area contributed by atoms with Crippen LogP contribution in [0.25, 0.3) is 5.69 Å². The molecule has 0 saturated carbocycles. The van der Waals surface area contributed by atoms with Gasteiger partial charge < -0.3 is 14.5 Å². The van der Waals surface area contributed by atoms with Crippen molar-refractivity contribution >= 4 is 17.7 Å². The molecule has 1 aromatic carbocycles. The van der Waals surface area contributed by atoms with E-state index in [0.717, 1.165) is 12.3 Å². The highest BCUT2D eigenvalue weighted by Gasteiger charge is 2.31. The molecule has 3 aromatic rings. The number of nitrogens with zero attached hydrogens (tertiary/aromatic N) is 5. The molecule has 0 spiro atoms. The van der Waals surface area contributed by atoms with Gasteiger partial charge in [0.2, 0.25) is 0 Å². The third-order valence-electron chi connectivity index (χ3n) is 5.83. The van der Waals surface area contributed by atoms with Gasteiger partial charge in [-0.15, -0.1) is 0 Å². The number of carbonyl (C=O) groups excluding carboxylic acids is 2. The maximum Gasteiger partial charge on any atom is 0.417 e. The van der Waals surface area contributed by atoms with E-state index in [9.17, 15) is 22.8 Å². The van der Waals surface area contributed by atoms with Gasteiger partial charge in [0.05, 0.1) is 29.7 Å². The number of aromatic nitrogens is 3. The standard InChI is InChI=1S/C24H24F3N5O3/c1-3-35-23(34)20-15-29-32(16(20)2)19-7-4-17(5-8-19)22(33)31-12-10-30(11-13-31)21-9-6-18(14-28-21)24(25,26)27/h4-9,14-15H,3,10-13H2,1-2H3. The van der Waals surface area contributed by atoms with Crippen molar-refractivity contribution in [2.45, 2.75) is 20.0 Å². The number of pyridine rings is 1. The molecule has 3 heterocycles. The molecule has 0 aliphatic carbocycles. The Hall–Kier alpha value is -3.89. The summed E-state index contributed by atoms with van der Waals surface area (Å²) >= 11 is 0. The van der Waals surface area contributed by atoms with Crippen LogP contribution in [-0.2, 0) is 10.9 Å². The van der Waals surface area contributed by atoms with Crippen LogP contribution in [0.5, 0.6) is 0 Å². The predicted molar refractivity (Wildman–Crippen MR) is 122 cm³/mol. The minimum absolute atomic E-state index is 0.138. The van der Waals surface area contributed by atoms with Gasteiger partial charge in [0, 0.05) is 37.9 Å². The maximum absolute atomic E-state index is 13.0. The lowest BCUT2D eigenvalue weighted by atomic mass is 10.1. The van der Waals surface area contributed by atoms with Crippen LogP contribution in [0.1, 0.15) is 38.9 Å². The van der Waals surface area contributed by atoms with Crippen molar-refractivity contribution < 1.29 is 27.5 Å². The monoisotopic (exact) mass is 487 g/mol. The lowest BCUT2D eigenvalue weighted by molar-refractivity contribution is -0.137. The first-order valence-electron chi connectivity index (χ1n) is 11.1. The first-order valence-corrected chi connectivity index (χ1v) is 11.1. The van der Waals surface area contributed by atoms with Crippen LogP contribution >= 0.6 is 0 Å². The van der Waals surface area contributed by atoms with E-state index in [1.165, 1.54) is 12.3 Å². The van der Waals surface area contributed by atoms with E-state index in [2.05, 4.69) is 10.1 Å². The molecule has 0 bridgehead atoms. The van der Waals surface area contributed by atoms with Crippen molar-refractivity contribution in [3.8, 4) is 5.69 Å². The number of ether oxygens (including phenoxy) is 1. The van der Waals surface area contributed by atoms with Gasteiger partial charge in [-0.2, -0.15) is 18.3 Å². The summed E-state index contributed by atoms with van der Waals surface area (Å²) in [5, 5.41) is 4.26. The molecule has 8 nitrogen and oxygen atoms in total. The van der Waals surface area contributed by atoms with Gasteiger partial charge in [0.15, 0.2) is 0 Å². The number of benzene rings is 1. The summed E-state index contributed by atoms with van der Waals surface area (Å²) in [7, 11) is 0. The Bertz CT molecular complexity index is 1200. The van der Waals surface area contributed by atoms with Crippen LogP contribution in [0, 0.1) is 6.92 Å². The van der Waals surface area contributed by atoms with E-state index >= 15 is 0 Å². The molecule has 0 N–H and O–H groups in total. The quantitative estimate of drug-likeness (QED) is 0.511. The summed E-state index contributed by atoms with van der Waals surface area (Å²) in [4.78, 5) is 32.5. The molecule has 184 valence electrons. The number of esters is 1. The zero-order chi connectivity index (χ0) is 25.2. The second kappa shape index (κ2) is 9.77. The topological polar surface area (TPSA) is 80.6 Å². The molecule has 1 amide bonds. The zero-order valence-corrected chi connectivity index (χ0v) is 19.2. The van der Waals surface area contributed by atoms with E-state index in [1.54, 1.807) is 47.7 Å². The largest absolute Gasteiger partial charge is 0.462 e. The fourth-order valence-electron chi connectivity index (χ4n) is 3.89. The smallest absolute Gasteiger partial charge is 0.417 e. The van der Waals surface area contributed by atoms with Crippen molar-refractivity contribution in [3.63, 3.8) is 0 Å². The van der Waals surface area contributed by atoms with Gasteiger partial charge in [-0.05, 0) is 50.2 Å². The van der Waals surface area contributed by atoms with Crippen LogP contribution in [-0.4, -0.2) is 64.3 Å². The van der Waals surface area contributed by atoms with E-state index in [4.69, 9.17) is 4.74 Å². The number of piperazine rings is 1. The molecule has 35 heavy (non-hydrogen) atoms. The second-order valence-electron chi connectivity index (χ2n) is 8.00. The van der Waals surface area contributed by atoms with Gasteiger partial charge in [-0.25, -0.2) is 14.5 Å². The molecular weight excluding hydrogens is 463 g/mol. The molecular formula is C24H24F3N5O3. The number of hydrogen-bond donors (Lipinski definition) is 0. The lowest BCUT2D eigenvalue weighted by Gasteiger charge is -2.35. The summed E-state index contributed by atoms with van der Waals surface area (Å²) in [5.41, 5.74) is 1.43. The number of rotatable bonds is 5. The fraction of sp³-hybridized carbons (Fsp3) is 0.333. The summed E-state index contributed by atoms with van der Waals surface area (Å²) in [6.07, 6.45) is -2.14. The average Bonchev–Trinajstić information content (AvgIpc) is 3.25. The first kappa shape index (κ1) is 24.2. The normalized spacial score (nSPS) is 14.2. The van der Waals surface area contributed by atoms with Gasteiger partial charge in [0.1, 0.15) is 11.4 Å². The number of halogens is 3.